The van der Waals surface area contributed by atoms with Crippen LogP contribution in [0.2, 0.25) is 0 Å². The van der Waals surface area contributed by atoms with Crippen LogP contribution in [-0.2, 0) is 9.59 Å². The molecule has 0 aliphatic carbocycles. The van der Waals surface area contributed by atoms with Crippen molar-refractivity contribution in [2.24, 2.45) is 0 Å². The molecule has 0 heterocycles. The Kier molecular flexibility index (Phi) is 6.73. The average Bonchev–Trinajstić information content (AvgIpc) is 2.38. The molecule has 2 amide bonds. The summed E-state index contributed by atoms with van der Waals surface area (Å²) in [6, 6.07) is 9.45. The largest absolute Gasteiger partial charge is 0.349 e. The van der Waals surface area contributed by atoms with Crippen LogP contribution in [0.1, 0.15) is 20.8 Å². The highest BCUT2D eigenvalue weighted by Crippen LogP contribution is 2.03. The first kappa shape index (κ1) is 16.2. The molecule has 1 unspecified atom stereocenters. The molecule has 0 aliphatic rings. The summed E-state index contributed by atoms with van der Waals surface area (Å²) in [4.78, 5) is 24.6. The minimum Gasteiger partial charge on any atom is -0.349 e. The molecule has 5 heteroatoms. The maximum Gasteiger partial charge on any atom is 0.279 e. The fraction of sp³-hybridized carbons (Fsp3) is 0.467. The van der Waals surface area contributed by atoms with Gasteiger partial charge in [0.15, 0.2) is 13.1 Å². The Bertz CT molecular complexity index is 432. The molecule has 0 saturated carbocycles. The molecule has 1 atom stereocenters. The van der Waals surface area contributed by atoms with Gasteiger partial charge in [0.2, 0.25) is 0 Å². The van der Waals surface area contributed by atoms with E-state index >= 15 is 0 Å². The molecule has 20 heavy (non-hydrogen) atoms. The van der Waals surface area contributed by atoms with E-state index in [9.17, 15) is 9.59 Å². The third-order valence-electron chi connectivity index (χ3n) is 2.83. The summed E-state index contributed by atoms with van der Waals surface area (Å²) in [6.45, 7) is 7.15. The van der Waals surface area contributed by atoms with Crippen LogP contribution in [0.25, 0.3) is 0 Å². The SMILES string of the molecule is CC[NH+](CC(=O)Nc1ccccc1)CC(=O)NC(C)C. The molecule has 3 N–H and O–H groups in total. The van der Waals surface area contributed by atoms with Crippen LogP contribution < -0.4 is 15.5 Å². The second-order valence-corrected chi connectivity index (χ2v) is 5.09. The molecule has 1 aromatic carbocycles. The molecule has 0 aliphatic heterocycles. The van der Waals surface area contributed by atoms with E-state index in [0.717, 1.165) is 17.1 Å². The predicted octanol–water partition coefficient (Wildman–Crippen LogP) is 0.0545. The molecule has 110 valence electrons. The first-order valence-electron chi connectivity index (χ1n) is 6.99. The summed E-state index contributed by atoms with van der Waals surface area (Å²) in [5.74, 6) is -0.102. The zero-order chi connectivity index (χ0) is 15.0. The van der Waals surface area contributed by atoms with Crippen molar-refractivity contribution in [1.29, 1.82) is 0 Å². The quantitative estimate of drug-likeness (QED) is 0.660. The summed E-state index contributed by atoms with van der Waals surface area (Å²) in [6.07, 6.45) is 0. The van der Waals surface area contributed by atoms with Crippen LogP contribution in [0.15, 0.2) is 30.3 Å². The molecule has 0 radical (unpaired) electrons. The maximum absolute atomic E-state index is 11.9. The van der Waals surface area contributed by atoms with Gasteiger partial charge in [-0.05, 0) is 32.9 Å². The lowest BCUT2D eigenvalue weighted by molar-refractivity contribution is -0.881. The lowest BCUT2D eigenvalue weighted by Gasteiger charge is -2.17. The van der Waals surface area contributed by atoms with E-state index in [4.69, 9.17) is 0 Å². The van der Waals surface area contributed by atoms with Crippen molar-refractivity contribution in [2.75, 3.05) is 25.0 Å². The highest BCUT2D eigenvalue weighted by atomic mass is 16.2. The monoisotopic (exact) mass is 278 g/mol. The van der Waals surface area contributed by atoms with Crippen molar-refractivity contribution >= 4 is 17.5 Å². The molecular weight excluding hydrogens is 254 g/mol. The second-order valence-electron chi connectivity index (χ2n) is 5.09. The number of anilines is 1. The number of para-hydroxylation sites is 1. The van der Waals surface area contributed by atoms with Gasteiger partial charge in [-0.25, -0.2) is 0 Å². The topological polar surface area (TPSA) is 62.6 Å². The molecule has 0 bridgehead atoms. The van der Waals surface area contributed by atoms with E-state index in [2.05, 4.69) is 10.6 Å². The van der Waals surface area contributed by atoms with Crippen LogP contribution >= 0.6 is 0 Å². The van der Waals surface area contributed by atoms with Crippen LogP contribution in [0.5, 0.6) is 0 Å². The van der Waals surface area contributed by atoms with Crippen molar-refractivity contribution in [1.82, 2.24) is 5.32 Å². The standard InChI is InChI=1S/C15H23N3O2/c1-4-18(10-14(19)16-12(2)3)11-15(20)17-13-8-6-5-7-9-13/h5-9,12H,4,10-11H2,1-3H3,(H,16,19)(H,17,20)/p+1. The lowest BCUT2D eigenvalue weighted by atomic mass is 10.3. The molecule has 0 spiro atoms. The first-order valence-corrected chi connectivity index (χ1v) is 6.99. The van der Waals surface area contributed by atoms with Gasteiger partial charge in [0.25, 0.3) is 11.8 Å². The average molecular weight is 278 g/mol. The minimum atomic E-state index is -0.0783. The summed E-state index contributed by atoms with van der Waals surface area (Å²) in [5, 5.41) is 5.67. The molecule has 1 aromatic rings. The highest BCUT2D eigenvalue weighted by Gasteiger charge is 2.16. The number of benzene rings is 1. The van der Waals surface area contributed by atoms with Crippen molar-refractivity contribution in [3.63, 3.8) is 0 Å². The van der Waals surface area contributed by atoms with Gasteiger partial charge >= 0.3 is 0 Å². The van der Waals surface area contributed by atoms with E-state index in [-0.39, 0.29) is 24.4 Å². The second kappa shape index (κ2) is 8.32. The van der Waals surface area contributed by atoms with Crippen LogP contribution in [0.3, 0.4) is 0 Å². The van der Waals surface area contributed by atoms with Gasteiger partial charge in [0, 0.05) is 11.7 Å². The third-order valence-corrected chi connectivity index (χ3v) is 2.83. The normalized spacial score (nSPS) is 12.0. The molecule has 0 aromatic heterocycles. The number of rotatable bonds is 7. The summed E-state index contributed by atoms with van der Waals surface area (Å²) in [7, 11) is 0. The molecule has 0 fully saturated rings. The van der Waals surface area contributed by atoms with E-state index in [1.165, 1.54) is 0 Å². The van der Waals surface area contributed by atoms with Crippen LogP contribution in [-0.4, -0.2) is 37.5 Å². The Morgan fingerprint density at radius 3 is 2.25 bits per heavy atom. The number of carbonyl (C=O) groups excluding carboxylic acids is 2. The smallest absolute Gasteiger partial charge is 0.279 e. The fourth-order valence-electron chi connectivity index (χ4n) is 1.87. The number of likely N-dealkylation sites (N-methyl/N-ethyl adjacent to an activating group) is 1. The number of hydrogen-bond acceptors (Lipinski definition) is 2. The van der Waals surface area contributed by atoms with Gasteiger partial charge in [-0.15, -0.1) is 0 Å². The van der Waals surface area contributed by atoms with E-state index < -0.39 is 0 Å². The zero-order valence-electron chi connectivity index (χ0n) is 12.4. The highest BCUT2D eigenvalue weighted by molar-refractivity contribution is 5.91. The first-order chi connectivity index (χ1) is 9.51. The maximum atomic E-state index is 11.9. The number of nitrogens with one attached hydrogen (secondary N) is 3. The Morgan fingerprint density at radius 1 is 1.10 bits per heavy atom. The van der Waals surface area contributed by atoms with Crippen LogP contribution in [0.4, 0.5) is 5.69 Å². The number of quaternary nitrogens is 1. The zero-order valence-corrected chi connectivity index (χ0v) is 12.4. The van der Waals surface area contributed by atoms with Crippen LogP contribution in [0, 0.1) is 0 Å². The Labute approximate surface area is 120 Å². The number of amides is 2. The minimum absolute atomic E-state index is 0.0237. The van der Waals surface area contributed by atoms with Gasteiger partial charge < -0.3 is 15.5 Å². The third kappa shape index (κ3) is 6.33. The van der Waals surface area contributed by atoms with Crippen molar-refractivity contribution in [3.05, 3.63) is 30.3 Å². The number of hydrogen-bond donors (Lipinski definition) is 3. The van der Waals surface area contributed by atoms with Gasteiger partial charge in [0.05, 0.1) is 6.54 Å². The van der Waals surface area contributed by atoms with Gasteiger partial charge in [-0.3, -0.25) is 9.59 Å². The molecule has 0 saturated heterocycles. The van der Waals surface area contributed by atoms with E-state index in [1.807, 2.05) is 51.1 Å². The van der Waals surface area contributed by atoms with Crippen molar-refractivity contribution in [3.8, 4) is 0 Å². The molecular formula is C15H24N3O2+. The van der Waals surface area contributed by atoms with Crippen molar-refractivity contribution in [2.45, 2.75) is 26.8 Å². The van der Waals surface area contributed by atoms with E-state index in [0.29, 0.717) is 6.54 Å². The molecule has 1 rings (SSSR count). The predicted molar refractivity (Wildman–Crippen MR) is 79.6 cm³/mol. The van der Waals surface area contributed by atoms with Gasteiger partial charge in [-0.2, -0.15) is 0 Å². The Balaban J connectivity index is 2.43. The lowest BCUT2D eigenvalue weighted by Crippen LogP contribution is -3.14. The Hall–Kier alpha value is -1.88. The van der Waals surface area contributed by atoms with Gasteiger partial charge in [0.1, 0.15) is 0 Å². The summed E-state index contributed by atoms with van der Waals surface area (Å²) in [5.41, 5.74) is 0.777. The fourth-order valence-corrected chi connectivity index (χ4v) is 1.87. The Morgan fingerprint density at radius 2 is 1.70 bits per heavy atom. The van der Waals surface area contributed by atoms with Gasteiger partial charge in [-0.1, -0.05) is 18.2 Å². The summed E-state index contributed by atoms with van der Waals surface area (Å²) >= 11 is 0. The number of carbonyl (C=O) groups is 2. The molecule has 5 nitrogen and oxygen atoms in total. The van der Waals surface area contributed by atoms with Crippen molar-refractivity contribution < 1.29 is 14.5 Å². The summed E-state index contributed by atoms with van der Waals surface area (Å²) < 4.78 is 0. The van der Waals surface area contributed by atoms with E-state index in [1.54, 1.807) is 0 Å².